The first-order chi connectivity index (χ1) is 8.95. The number of nitrogens with zero attached hydrogens (tertiary/aromatic N) is 1. The Bertz CT molecular complexity index is 347. The molecule has 0 aromatic heterocycles. The van der Waals surface area contributed by atoms with Crippen LogP contribution in [-0.4, -0.2) is 57.0 Å². The zero-order valence-electron chi connectivity index (χ0n) is 12.2. The second-order valence-corrected chi connectivity index (χ2v) is 8.06. The number of piperidine rings is 1. The molecule has 2 N–H and O–H groups in total. The highest BCUT2D eigenvalue weighted by atomic mass is 32.2. The highest BCUT2D eigenvalue weighted by molar-refractivity contribution is 7.98. The minimum atomic E-state index is -3.28. The molecule has 1 rings (SSSR count). The van der Waals surface area contributed by atoms with Gasteiger partial charge in [-0.25, -0.2) is 4.72 Å². The van der Waals surface area contributed by atoms with Crippen molar-refractivity contribution in [1.29, 1.82) is 0 Å². The van der Waals surface area contributed by atoms with Crippen LogP contribution in [0.25, 0.3) is 0 Å². The van der Waals surface area contributed by atoms with Crippen molar-refractivity contribution in [2.24, 2.45) is 5.92 Å². The van der Waals surface area contributed by atoms with E-state index in [-0.39, 0.29) is 0 Å². The molecule has 0 radical (unpaired) electrons. The van der Waals surface area contributed by atoms with Crippen LogP contribution >= 0.6 is 11.8 Å². The van der Waals surface area contributed by atoms with Gasteiger partial charge in [-0.3, -0.25) is 0 Å². The summed E-state index contributed by atoms with van der Waals surface area (Å²) in [5.74, 6) is 1.24. The zero-order valence-corrected chi connectivity index (χ0v) is 13.8. The summed E-state index contributed by atoms with van der Waals surface area (Å²) in [6.07, 6.45) is 4.03. The lowest BCUT2D eigenvalue weighted by atomic mass is 9.99. The van der Waals surface area contributed by atoms with Gasteiger partial charge in [-0.2, -0.15) is 24.5 Å². The van der Waals surface area contributed by atoms with Crippen LogP contribution in [0.2, 0.25) is 0 Å². The Balaban J connectivity index is 2.44. The Labute approximate surface area is 122 Å². The fourth-order valence-electron chi connectivity index (χ4n) is 2.18. The Morgan fingerprint density at radius 1 is 1.42 bits per heavy atom. The van der Waals surface area contributed by atoms with Crippen LogP contribution in [0.3, 0.4) is 0 Å². The van der Waals surface area contributed by atoms with Crippen LogP contribution < -0.4 is 10.0 Å². The van der Waals surface area contributed by atoms with E-state index in [2.05, 4.69) is 23.9 Å². The normalized spacial score (nSPS) is 22.0. The maximum absolute atomic E-state index is 12.1. The highest BCUT2D eigenvalue weighted by Gasteiger charge is 2.28. The maximum atomic E-state index is 12.1. The second kappa shape index (κ2) is 8.46. The molecule has 19 heavy (non-hydrogen) atoms. The van der Waals surface area contributed by atoms with E-state index in [1.165, 1.54) is 0 Å². The molecule has 0 aromatic carbocycles. The first-order valence-electron chi connectivity index (χ1n) is 6.92. The van der Waals surface area contributed by atoms with E-state index in [0.29, 0.717) is 31.6 Å². The Morgan fingerprint density at radius 2 is 2.16 bits per heavy atom. The molecule has 1 atom stereocenters. The average molecular weight is 310 g/mol. The van der Waals surface area contributed by atoms with E-state index < -0.39 is 10.2 Å². The fraction of sp³-hybridized carbons (Fsp3) is 1.00. The molecule has 1 unspecified atom stereocenters. The predicted octanol–water partition coefficient (Wildman–Crippen LogP) is 0.894. The van der Waals surface area contributed by atoms with Gasteiger partial charge in [0.1, 0.15) is 0 Å². The van der Waals surface area contributed by atoms with E-state index in [9.17, 15) is 8.42 Å². The molecule has 1 fully saturated rings. The number of nitrogens with one attached hydrogen (secondary N) is 2. The van der Waals surface area contributed by atoms with Crippen molar-refractivity contribution in [3.05, 3.63) is 0 Å². The third kappa shape index (κ3) is 6.44. The van der Waals surface area contributed by atoms with Gasteiger partial charge in [0.15, 0.2) is 0 Å². The second-order valence-electron chi connectivity index (χ2n) is 5.32. The van der Waals surface area contributed by atoms with Crippen LogP contribution in [0, 0.1) is 5.92 Å². The molecule has 1 saturated heterocycles. The van der Waals surface area contributed by atoms with Gasteiger partial charge in [0.05, 0.1) is 0 Å². The molecule has 0 spiro atoms. The van der Waals surface area contributed by atoms with Crippen molar-refractivity contribution in [3.63, 3.8) is 0 Å². The number of thioether (sulfide) groups is 1. The summed E-state index contributed by atoms with van der Waals surface area (Å²) in [5, 5.41) is 3.39. The summed E-state index contributed by atoms with van der Waals surface area (Å²) in [6, 6.07) is 0.451. The average Bonchev–Trinajstić information content (AvgIpc) is 2.37. The van der Waals surface area contributed by atoms with Crippen molar-refractivity contribution in [1.82, 2.24) is 14.3 Å². The summed E-state index contributed by atoms with van der Waals surface area (Å²) < 4.78 is 28.5. The molecule has 5 nitrogen and oxygen atoms in total. The molecule has 0 saturated carbocycles. The molecule has 1 aliphatic heterocycles. The lowest BCUT2D eigenvalue weighted by Gasteiger charge is -2.32. The fourth-order valence-corrected chi connectivity index (χ4v) is 3.93. The Hall–Kier alpha value is 0.180. The van der Waals surface area contributed by atoms with E-state index >= 15 is 0 Å². The van der Waals surface area contributed by atoms with Crippen LogP contribution in [0.15, 0.2) is 0 Å². The van der Waals surface area contributed by atoms with E-state index in [4.69, 9.17) is 0 Å². The molecule has 0 bridgehead atoms. The lowest BCUT2D eigenvalue weighted by Crippen LogP contribution is -2.48. The molecular formula is C12H27N3O2S2. The van der Waals surface area contributed by atoms with Gasteiger partial charge >= 0.3 is 0 Å². The molecule has 0 aliphatic carbocycles. The van der Waals surface area contributed by atoms with Gasteiger partial charge in [-0.05, 0) is 31.6 Å². The third-order valence-electron chi connectivity index (χ3n) is 3.23. The maximum Gasteiger partial charge on any atom is 0.279 e. The smallest absolute Gasteiger partial charge is 0.279 e. The van der Waals surface area contributed by atoms with Gasteiger partial charge in [-0.1, -0.05) is 13.8 Å². The zero-order chi connectivity index (χ0) is 14.3. The van der Waals surface area contributed by atoms with E-state index in [1.807, 2.05) is 6.26 Å². The quantitative estimate of drug-likeness (QED) is 0.654. The molecular weight excluding hydrogens is 282 g/mol. The summed E-state index contributed by atoms with van der Waals surface area (Å²) >= 11 is 1.65. The van der Waals surface area contributed by atoms with Gasteiger partial charge < -0.3 is 5.32 Å². The lowest BCUT2D eigenvalue weighted by molar-refractivity contribution is 0.254. The first kappa shape index (κ1) is 17.2. The van der Waals surface area contributed by atoms with E-state index in [0.717, 1.165) is 25.1 Å². The third-order valence-corrected chi connectivity index (χ3v) is 5.42. The summed E-state index contributed by atoms with van der Waals surface area (Å²) in [6.45, 7) is 6.91. The number of hydrogen-bond acceptors (Lipinski definition) is 4. The minimum absolute atomic E-state index is 0.424. The van der Waals surface area contributed by atoms with Crippen molar-refractivity contribution < 1.29 is 8.42 Å². The van der Waals surface area contributed by atoms with Crippen LogP contribution in [0.4, 0.5) is 0 Å². The molecule has 1 heterocycles. The van der Waals surface area contributed by atoms with Crippen LogP contribution in [0.5, 0.6) is 0 Å². The summed E-state index contributed by atoms with van der Waals surface area (Å²) in [7, 11) is -3.28. The van der Waals surface area contributed by atoms with Crippen molar-refractivity contribution >= 4 is 22.0 Å². The van der Waals surface area contributed by atoms with Crippen molar-refractivity contribution in [2.45, 2.75) is 32.7 Å². The topological polar surface area (TPSA) is 61.4 Å². The largest absolute Gasteiger partial charge is 0.314 e. The monoisotopic (exact) mass is 309 g/mol. The summed E-state index contributed by atoms with van der Waals surface area (Å²) in [4.78, 5) is 0. The Kier molecular flexibility index (Phi) is 7.68. The molecule has 7 heteroatoms. The van der Waals surface area contributed by atoms with Gasteiger partial charge in [0.2, 0.25) is 0 Å². The summed E-state index contributed by atoms with van der Waals surface area (Å²) in [5.41, 5.74) is 0. The van der Waals surface area contributed by atoms with Gasteiger partial charge in [0, 0.05) is 31.4 Å². The predicted molar refractivity (Wildman–Crippen MR) is 82.7 cm³/mol. The van der Waals surface area contributed by atoms with Crippen LogP contribution in [0.1, 0.15) is 26.7 Å². The minimum Gasteiger partial charge on any atom is -0.314 e. The molecule has 0 aromatic rings. The highest BCUT2D eigenvalue weighted by Crippen LogP contribution is 2.18. The van der Waals surface area contributed by atoms with Gasteiger partial charge in [0.25, 0.3) is 10.2 Å². The van der Waals surface area contributed by atoms with Crippen molar-refractivity contribution in [2.75, 3.05) is 38.2 Å². The molecule has 114 valence electrons. The number of rotatable bonds is 8. The standard InChI is InChI=1S/C12H27N3O2S2/c1-11(2)13-9-12-5-4-7-15(10-12)19(16,17)14-6-8-18-3/h11-14H,4-10H2,1-3H3. The molecule has 1 aliphatic rings. The SMILES string of the molecule is CSCCNS(=O)(=O)N1CCCC(CNC(C)C)C1. The molecule has 0 amide bonds. The van der Waals surface area contributed by atoms with Gasteiger partial charge in [-0.15, -0.1) is 0 Å². The van der Waals surface area contributed by atoms with E-state index in [1.54, 1.807) is 16.1 Å². The van der Waals surface area contributed by atoms with Crippen LogP contribution in [-0.2, 0) is 10.2 Å². The van der Waals surface area contributed by atoms with Crippen molar-refractivity contribution in [3.8, 4) is 0 Å². The Morgan fingerprint density at radius 3 is 2.79 bits per heavy atom. The first-order valence-corrected chi connectivity index (χ1v) is 9.76. The number of hydrogen-bond donors (Lipinski definition) is 2.